The Morgan fingerprint density at radius 3 is 1.97 bits per heavy atom. The van der Waals surface area contributed by atoms with Crippen LogP contribution in [0.4, 0.5) is 0 Å². The van der Waals surface area contributed by atoms with Gasteiger partial charge in [-0.15, -0.1) is 0 Å². The van der Waals surface area contributed by atoms with Crippen LogP contribution >= 0.6 is 11.6 Å². The molecular weight excluding hydrogens is 436 g/mol. The van der Waals surface area contributed by atoms with Gasteiger partial charge < -0.3 is 4.74 Å². The van der Waals surface area contributed by atoms with E-state index in [1.54, 1.807) is 16.5 Å². The first kappa shape index (κ1) is 26.6. The molecule has 0 bridgehead atoms. The number of fused-ring (bicyclic) bond motifs is 2. The van der Waals surface area contributed by atoms with Gasteiger partial charge in [-0.2, -0.15) is 10.2 Å². The third-order valence-corrected chi connectivity index (χ3v) is 6.18. The molecule has 0 N–H and O–H groups in total. The molecule has 0 radical (unpaired) electrons. The van der Waals surface area contributed by atoms with Crippen molar-refractivity contribution >= 4 is 33.7 Å². The van der Waals surface area contributed by atoms with Crippen molar-refractivity contribution in [2.75, 3.05) is 7.11 Å². The lowest BCUT2D eigenvalue weighted by Gasteiger charge is -2.11. The van der Waals surface area contributed by atoms with Gasteiger partial charge in [-0.1, -0.05) is 46.2 Å². The average Bonchev–Trinajstić information content (AvgIpc) is 3.29. The van der Waals surface area contributed by atoms with Crippen LogP contribution in [0.15, 0.2) is 12.4 Å². The van der Waals surface area contributed by atoms with E-state index in [2.05, 4.69) is 40.9 Å². The predicted octanol–water partition coefficient (Wildman–Crippen LogP) is 6.32. The fourth-order valence-electron chi connectivity index (χ4n) is 3.85. The molecular formula is C25H37ClN6O. The normalized spacial score (nSPS) is 11.6. The summed E-state index contributed by atoms with van der Waals surface area (Å²) in [7, 11) is 5.48. The first-order valence-corrected chi connectivity index (χ1v) is 12.0. The SMILES string of the molecule is CC.CCC(C)c1cnc2c(c(C)nn2C)c1Cl.CCc1cnc2c(c(C)nn2C)c1OC. The van der Waals surface area contributed by atoms with Gasteiger partial charge in [0.1, 0.15) is 5.75 Å². The number of hydrogen-bond acceptors (Lipinski definition) is 5. The Bertz CT molecular complexity index is 1230. The van der Waals surface area contributed by atoms with Crippen molar-refractivity contribution in [3.8, 4) is 5.75 Å². The van der Waals surface area contributed by atoms with Crippen LogP contribution < -0.4 is 4.74 Å². The van der Waals surface area contributed by atoms with Crippen molar-refractivity contribution in [1.82, 2.24) is 29.5 Å². The Hall–Kier alpha value is -2.67. The number of ether oxygens (including phenoxy) is 1. The molecule has 180 valence electrons. The number of rotatable bonds is 4. The van der Waals surface area contributed by atoms with Crippen molar-refractivity contribution in [3.05, 3.63) is 39.9 Å². The number of methoxy groups -OCH3 is 1. The molecule has 0 saturated heterocycles. The summed E-state index contributed by atoms with van der Waals surface area (Å²) in [6, 6.07) is 0. The Morgan fingerprint density at radius 2 is 1.45 bits per heavy atom. The lowest BCUT2D eigenvalue weighted by molar-refractivity contribution is 0.414. The molecule has 4 aromatic heterocycles. The van der Waals surface area contributed by atoms with Crippen molar-refractivity contribution in [1.29, 1.82) is 0 Å². The van der Waals surface area contributed by atoms with Crippen LogP contribution in [0.25, 0.3) is 22.1 Å². The van der Waals surface area contributed by atoms with E-state index in [0.717, 1.165) is 68.2 Å². The summed E-state index contributed by atoms with van der Waals surface area (Å²) < 4.78 is 9.01. The Morgan fingerprint density at radius 1 is 0.939 bits per heavy atom. The van der Waals surface area contributed by atoms with Gasteiger partial charge in [0.15, 0.2) is 11.3 Å². The molecule has 4 heterocycles. The Balaban J connectivity index is 0.000000218. The third kappa shape index (κ3) is 5.13. The summed E-state index contributed by atoms with van der Waals surface area (Å²) in [4.78, 5) is 8.85. The molecule has 33 heavy (non-hydrogen) atoms. The predicted molar refractivity (Wildman–Crippen MR) is 137 cm³/mol. The van der Waals surface area contributed by atoms with E-state index in [1.165, 1.54) is 0 Å². The van der Waals surface area contributed by atoms with Crippen LogP contribution in [0.5, 0.6) is 5.75 Å². The minimum atomic E-state index is 0.434. The monoisotopic (exact) mass is 472 g/mol. The first-order chi connectivity index (χ1) is 15.7. The molecule has 0 spiro atoms. The zero-order valence-corrected chi connectivity index (χ0v) is 22.4. The van der Waals surface area contributed by atoms with Gasteiger partial charge in [-0.25, -0.2) is 9.97 Å². The van der Waals surface area contributed by atoms with Gasteiger partial charge in [-0.3, -0.25) is 9.36 Å². The van der Waals surface area contributed by atoms with E-state index in [9.17, 15) is 0 Å². The van der Waals surface area contributed by atoms with Crippen molar-refractivity contribution in [3.63, 3.8) is 0 Å². The zero-order valence-electron chi connectivity index (χ0n) is 21.6. The first-order valence-electron chi connectivity index (χ1n) is 11.6. The molecule has 0 aromatic carbocycles. The van der Waals surface area contributed by atoms with Gasteiger partial charge in [0.2, 0.25) is 0 Å². The largest absolute Gasteiger partial charge is 0.496 e. The number of aromatic nitrogens is 6. The smallest absolute Gasteiger partial charge is 0.161 e. The van der Waals surface area contributed by atoms with Gasteiger partial charge >= 0.3 is 0 Å². The van der Waals surface area contributed by atoms with Gasteiger partial charge in [-0.05, 0) is 38.2 Å². The summed E-state index contributed by atoms with van der Waals surface area (Å²) in [5.41, 5.74) is 5.89. The van der Waals surface area contributed by atoms with Crippen LogP contribution in [0.2, 0.25) is 5.02 Å². The second kappa shape index (κ2) is 11.5. The number of halogens is 1. The molecule has 1 unspecified atom stereocenters. The highest BCUT2D eigenvalue weighted by Crippen LogP contribution is 2.33. The summed E-state index contributed by atoms with van der Waals surface area (Å²) in [5.74, 6) is 1.34. The molecule has 0 saturated carbocycles. The molecule has 4 aromatic rings. The average molecular weight is 473 g/mol. The summed E-state index contributed by atoms with van der Waals surface area (Å²) >= 11 is 6.44. The number of nitrogens with zero attached hydrogens (tertiary/aromatic N) is 6. The van der Waals surface area contributed by atoms with E-state index in [1.807, 2.05) is 54.2 Å². The highest BCUT2D eigenvalue weighted by Gasteiger charge is 2.17. The van der Waals surface area contributed by atoms with Crippen molar-refractivity contribution in [2.45, 2.75) is 67.2 Å². The molecule has 8 heteroatoms. The maximum Gasteiger partial charge on any atom is 0.161 e. The number of pyridine rings is 2. The Labute approximate surface area is 202 Å². The van der Waals surface area contributed by atoms with Gasteiger partial charge in [0.05, 0.1) is 34.3 Å². The molecule has 1 atom stereocenters. The summed E-state index contributed by atoms with van der Waals surface area (Å²) in [6.07, 6.45) is 5.72. The quantitative estimate of drug-likeness (QED) is 0.347. The fraction of sp³-hybridized carbons (Fsp3) is 0.520. The second-order valence-electron chi connectivity index (χ2n) is 7.82. The van der Waals surface area contributed by atoms with Crippen LogP contribution in [0, 0.1) is 13.8 Å². The highest BCUT2D eigenvalue weighted by molar-refractivity contribution is 6.36. The van der Waals surface area contributed by atoms with Gasteiger partial charge in [0.25, 0.3) is 0 Å². The van der Waals surface area contributed by atoms with Crippen molar-refractivity contribution < 1.29 is 4.74 Å². The zero-order chi connectivity index (χ0) is 24.9. The molecule has 4 rings (SSSR count). The van der Waals surface area contributed by atoms with Crippen LogP contribution in [0.1, 0.15) is 69.5 Å². The summed E-state index contributed by atoms with van der Waals surface area (Å²) in [5, 5.41) is 11.5. The molecule has 0 fully saturated rings. The van der Waals surface area contributed by atoms with E-state index < -0.39 is 0 Å². The molecule has 7 nitrogen and oxygen atoms in total. The van der Waals surface area contributed by atoms with E-state index >= 15 is 0 Å². The number of aryl methyl sites for hydroxylation is 5. The maximum absolute atomic E-state index is 6.44. The standard InChI is InChI=1S/C12H16ClN3.C11H15N3O.C2H6/c1-5-7(2)9-6-14-12-10(11(9)13)8(3)15-16(12)4;1-5-8-6-12-11-9(10(8)15-4)7(2)13-14(11)3;1-2/h6-7H,5H2,1-4H3;6H,5H2,1-4H3;1-2H3. The van der Waals surface area contributed by atoms with Crippen LogP contribution in [-0.2, 0) is 20.5 Å². The van der Waals surface area contributed by atoms with Crippen molar-refractivity contribution in [2.24, 2.45) is 14.1 Å². The van der Waals surface area contributed by atoms with Crippen LogP contribution in [0.3, 0.4) is 0 Å². The minimum Gasteiger partial charge on any atom is -0.496 e. The lowest BCUT2D eigenvalue weighted by Crippen LogP contribution is -1.97. The lowest BCUT2D eigenvalue weighted by atomic mass is 9.99. The third-order valence-electron chi connectivity index (χ3n) is 5.77. The van der Waals surface area contributed by atoms with E-state index in [4.69, 9.17) is 16.3 Å². The second-order valence-corrected chi connectivity index (χ2v) is 8.20. The highest BCUT2D eigenvalue weighted by atomic mass is 35.5. The summed E-state index contributed by atoms with van der Waals surface area (Å²) in [6.45, 7) is 14.4. The topological polar surface area (TPSA) is 70.7 Å². The molecule has 0 aliphatic rings. The van der Waals surface area contributed by atoms with Gasteiger partial charge in [0, 0.05) is 32.1 Å². The van der Waals surface area contributed by atoms with Crippen LogP contribution in [-0.4, -0.2) is 36.6 Å². The molecule has 0 aliphatic carbocycles. The van der Waals surface area contributed by atoms with E-state index in [0.29, 0.717) is 5.92 Å². The maximum atomic E-state index is 6.44. The fourth-order valence-corrected chi connectivity index (χ4v) is 4.31. The molecule has 0 aliphatic heterocycles. The van der Waals surface area contributed by atoms with E-state index in [-0.39, 0.29) is 0 Å². The number of hydrogen-bond donors (Lipinski definition) is 0. The minimum absolute atomic E-state index is 0.434. The Kier molecular flexibility index (Phi) is 9.23. The molecule has 0 amide bonds.